The van der Waals surface area contributed by atoms with Crippen molar-refractivity contribution in [3.63, 3.8) is 0 Å². The highest BCUT2D eigenvalue weighted by molar-refractivity contribution is 7.90. The molecule has 1 aliphatic carbocycles. The minimum Gasteiger partial charge on any atom is -0.378 e. The molecule has 2 aromatic carbocycles. The van der Waals surface area contributed by atoms with E-state index in [9.17, 15) is 21.4 Å². The van der Waals surface area contributed by atoms with E-state index in [1.54, 1.807) is 0 Å². The van der Waals surface area contributed by atoms with Crippen LogP contribution in [-0.4, -0.2) is 72.1 Å². The number of anilines is 2. The molecule has 1 aliphatic rings. The highest BCUT2D eigenvalue weighted by Crippen LogP contribution is 2.36. The van der Waals surface area contributed by atoms with E-state index in [0.29, 0.717) is 5.57 Å². The Morgan fingerprint density at radius 3 is 1.64 bits per heavy atom. The lowest BCUT2D eigenvalue weighted by Crippen LogP contribution is -2.13. The number of benzene rings is 2. The van der Waals surface area contributed by atoms with Crippen LogP contribution >= 0.6 is 0 Å². The monoisotopic (exact) mass is 531 g/mol. The van der Waals surface area contributed by atoms with Crippen molar-refractivity contribution in [2.24, 2.45) is 4.99 Å². The largest absolute Gasteiger partial charge is 0.378 e. The predicted octanol–water partition coefficient (Wildman–Crippen LogP) is 3.29. The summed E-state index contributed by atoms with van der Waals surface area (Å²) >= 11 is 0. The van der Waals surface area contributed by atoms with Gasteiger partial charge in [-0.05, 0) is 53.1 Å². The van der Waals surface area contributed by atoms with Crippen LogP contribution in [0.25, 0.3) is 5.57 Å². The highest BCUT2D eigenvalue weighted by Gasteiger charge is 2.25. The lowest BCUT2D eigenvalue weighted by molar-refractivity contribution is 0.483. The number of nitrogens with zero attached hydrogens (tertiary/aromatic N) is 3. The Morgan fingerprint density at radius 2 is 1.25 bits per heavy atom. The number of hydrogen-bond acceptors (Lipinski definition) is 7. The molecule has 3 rings (SSSR count). The molecule has 0 saturated heterocycles. The Hall–Kier alpha value is -3.25. The van der Waals surface area contributed by atoms with E-state index in [1.807, 2.05) is 86.5 Å². The van der Waals surface area contributed by atoms with Gasteiger partial charge in [-0.1, -0.05) is 30.3 Å². The standard InChI is InChI=1S/C25H29N3O6S2/c1-27(2)21-10-5-18(6-11-21)25(19-7-12-22(13-8-19)28(3)4)23-14-9-20(17-24(23)36(32,33)34)26-15-16-35(29,30)31/h5-14,17H,15-16H2,1-4H3,(H,29,30,31)(H,32,33,34). The predicted molar refractivity (Wildman–Crippen MR) is 145 cm³/mol. The van der Waals surface area contributed by atoms with Gasteiger partial charge in [0.15, 0.2) is 0 Å². The van der Waals surface area contributed by atoms with Gasteiger partial charge in [0.1, 0.15) is 4.91 Å². The van der Waals surface area contributed by atoms with E-state index < -0.39 is 26.0 Å². The van der Waals surface area contributed by atoms with Crippen molar-refractivity contribution in [1.82, 2.24) is 0 Å². The number of allylic oxidation sites excluding steroid dienone is 4. The average molecular weight is 532 g/mol. The molecule has 2 aromatic rings. The van der Waals surface area contributed by atoms with Crippen LogP contribution in [0.2, 0.25) is 0 Å². The third-order valence-electron chi connectivity index (χ3n) is 5.50. The van der Waals surface area contributed by atoms with Crippen molar-refractivity contribution in [1.29, 1.82) is 0 Å². The van der Waals surface area contributed by atoms with Crippen LogP contribution in [0.15, 0.2) is 82.2 Å². The molecule has 11 heteroatoms. The third-order valence-corrected chi connectivity index (χ3v) is 7.09. The van der Waals surface area contributed by atoms with Gasteiger partial charge in [0.25, 0.3) is 20.2 Å². The van der Waals surface area contributed by atoms with Gasteiger partial charge in [-0.25, -0.2) is 0 Å². The first kappa shape index (κ1) is 27.3. The molecule has 9 nitrogen and oxygen atoms in total. The Balaban J connectivity index is 2.22. The molecule has 0 fully saturated rings. The van der Waals surface area contributed by atoms with Crippen molar-refractivity contribution >= 4 is 42.9 Å². The number of aliphatic imine (C=N–C) groups is 1. The lowest BCUT2D eigenvalue weighted by Gasteiger charge is -2.20. The van der Waals surface area contributed by atoms with Crippen LogP contribution in [0.5, 0.6) is 0 Å². The zero-order valence-electron chi connectivity index (χ0n) is 20.5. The Bertz CT molecular complexity index is 1400. The van der Waals surface area contributed by atoms with Crippen molar-refractivity contribution < 1.29 is 25.9 Å². The van der Waals surface area contributed by atoms with Crippen molar-refractivity contribution in [2.75, 3.05) is 50.3 Å². The molecule has 36 heavy (non-hydrogen) atoms. The first-order chi connectivity index (χ1) is 16.8. The van der Waals surface area contributed by atoms with Crippen LogP contribution < -0.4 is 9.80 Å². The molecule has 2 N–H and O–H groups in total. The fourth-order valence-corrected chi connectivity index (χ4v) is 4.69. The second-order valence-corrected chi connectivity index (χ2v) is 11.5. The Labute approximate surface area is 212 Å². The molecule has 0 aliphatic heterocycles. The zero-order chi connectivity index (χ0) is 26.7. The van der Waals surface area contributed by atoms with E-state index in [-0.39, 0.29) is 22.7 Å². The zero-order valence-corrected chi connectivity index (χ0v) is 22.1. The smallest absolute Gasteiger partial charge is 0.295 e. The van der Waals surface area contributed by atoms with Crippen molar-refractivity contribution in [3.8, 4) is 0 Å². The summed E-state index contributed by atoms with van der Waals surface area (Å²) in [5.41, 5.74) is 4.40. The van der Waals surface area contributed by atoms with Crippen LogP contribution in [-0.2, 0) is 20.2 Å². The SMILES string of the molecule is CN(C)c1ccc(C(=C2C=CC(=NCCS(=O)(=O)O)C=C2S(=O)(=O)O)c2ccc(N(C)C)cc2)cc1. The quantitative estimate of drug-likeness (QED) is 0.497. The maximum Gasteiger partial charge on any atom is 0.295 e. The van der Waals surface area contributed by atoms with Crippen LogP contribution in [0, 0.1) is 0 Å². The molecule has 0 spiro atoms. The molecule has 0 unspecified atom stereocenters. The topological polar surface area (TPSA) is 128 Å². The third kappa shape index (κ3) is 6.91. The minimum absolute atomic E-state index is 0.153. The summed E-state index contributed by atoms with van der Waals surface area (Å²) in [7, 11) is -1.23. The van der Waals surface area contributed by atoms with Gasteiger partial charge in [0, 0.05) is 45.1 Å². The average Bonchev–Trinajstić information content (AvgIpc) is 2.79. The van der Waals surface area contributed by atoms with Gasteiger partial charge in [-0.3, -0.25) is 14.1 Å². The van der Waals surface area contributed by atoms with Gasteiger partial charge < -0.3 is 9.80 Å². The van der Waals surface area contributed by atoms with Crippen LogP contribution in [0.3, 0.4) is 0 Å². The summed E-state index contributed by atoms with van der Waals surface area (Å²) in [5.74, 6) is -0.607. The second-order valence-electron chi connectivity index (χ2n) is 8.58. The molecule has 0 atom stereocenters. The first-order valence-corrected chi connectivity index (χ1v) is 14.0. The lowest BCUT2D eigenvalue weighted by atomic mass is 9.90. The Morgan fingerprint density at radius 1 is 0.778 bits per heavy atom. The van der Waals surface area contributed by atoms with E-state index in [1.165, 1.54) is 18.2 Å². The van der Waals surface area contributed by atoms with Crippen molar-refractivity contribution in [3.05, 3.63) is 88.4 Å². The molecule has 0 saturated carbocycles. The van der Waals surface area contributed by atoms with Crippen LogP contribution in [0.4, 0.5) is 11.4 Å². The van der Waals surface area contributed by atoms with Gasteiger partial charge >= 0.3 is 0 Å². The number of hydrogen-bond donors (Lipinski definition) is 2. The summed E-state index contributed by atoms with van der Waals surface area (Å²) in [5, 5.41) is 0. The van der Waals surface area contributed by atoms with Crippen LogP contribution in [0.1, 0.15) is 11.1 Å². The Kier molecular flexibility index (Phi) is 8.19. The summed E-state index contributed by atoms with van der Waals surface area (Å²) in [6, 6.07) is 15.2. The number of rotatable bonds is 8. The van der Waals surface area contributed by atoms with E-state index in [2.05, 4.69) is 4.99 Å². The maximum atomic E-state index is 12.4. The van der Waals surface area contributed by atoms with Gasteiger partial charge in [-0.2, -0.15) is 16.8 Å². The molecule has 0 bridgehead atoms. The summed E-state index contributed by atoms with van der Waals surface area (Å²) in [6.07, 6.45) is 4.26. The fourth-order valence-electron chi connectivity index (χ4n) is 3.65. The normalized spacial score (nSPS) is 15.1. The highest BCUT2D eigenvalue weighted by atomic mass is 32.2. The molecule has 0 radical (unpaired) electrons. The molecular formula is C25H29N3O6S2. The fraction of sp³-hybridized carbons (Fsp3) is 0.240. The van der Waals surface area contributed by atoms with Gasteiger partial charge in [-0.15, -0.1) is 0 Å². The van der Waals surface area contributed by atoms with E-state index >= 15 is 0 Å². The van der Waals surface area contributed by atoms with E-state index in [4.69, 9.17) is 4.55 Å². The second kappa shape index (κ2) is 10.8. The molecule has 0 aromatic heterocycles. The van der Waals surface area contributed by atoms with Crippen molar-refractivity contribution in [2.45, 2.75) is 0 Å². The summed E-state index contributed by atoms with van der Waals surface area (Å²) in [6.45, 7) is -0.266. The molecule has 192 valence electrons. The maximum absolute atomic E-state index is 12.4. The summed E-state index contributed by atoms with van der Waals surface area (Å²) in [4.78, 5) is 7.57. The van der Waals surface area contributed by atoms with Gasteiger partial charge in [0.05, 0.1) is 18.0 Å². The molecular weight excluding hydrogens is 502 g/mol. The van der Waals surface area contributed by atoms with E-state index in [0.717, 1.165) is 22.5 Å². The van der Waals surface area contributed by atoms with Gasteiger partial charge in [0.2, 0.25) is 0 Å². The first-order valence-electron chi connectivity index (χ1n) is 10.9. The molecule has 0 amide bonds. The molecule has 0 heterocycles. The summed E-state index contributed by atoms with van der Waals surface area (Å²) < 4.78 is 65.9. The minimum atomic E-state index is -4.68.